The zero-order valence-corrected chi connectivity index (χ0v) is 13.0. The number of halogens is 3. The van der Waals surface area contributed by atoms with Crippen molar-refractivity contribution in [3.05, 3.63) is 48.4 Å². The Morgan fingerprint density at radius 1 is 1.33 bits per heavy atom. The highest BCUT2D eigenvalue weighted by atomic mass is 19.4. The van der Waals surface area contributed by atoms with Gasteiger partial charge in [-0.25, -0.2) is 0 Å². The van der Waals surface area contributed by atoms with Crippen LogP contribution in [0.1, 0.15) is 24.8 Å². The summed E-state index contributed by atoms with van der Waals surface area (Å²) in [5, 5.41) is 3.33. The van der Waals surface area contributed by atoms with Gasteiger partial charge in [0.1, 0.15) is 0 Å². The lowest BCUT2D eigenvalue weighted by Gasteiger charge is -2.20. The molecule has 0 unspecified atom stereocenters. The molecule has 0 aliphatic heterocycles. The molecular formula is C16H16F3N3O2. The van der Waals surface area contributed by atoms with Crippen molar-refractivity contribution in [2.75, 3.05) is 6.54 Å². The highest BCUT2D eigenvalue weighted by Gasteiger charge is 2.38. The largest absolute Gasteiger partial charge is 0.471 e. The lowest BCUT2D eigenvalue weighted by atomic mass is 10.1. The fourth-order valence-corrected chi connectivity index (χ4v) is 2.07. The molecule has 2 aromatic rings. The maximum Gasteiger partial charge on any atom is 0.471 e. The van der Waals surface area contributed by atoms with E-state index >= 15 is 0 Å². The molecule has 1 aromatic carbocycles. The summed E-state index contributed by atoms with van der Waals surface area (Å²) in [7, 11) is 0. The molecular weight excluding hydrogens is 323 g/mol. The van der Waals surface area contributed by atoms with E-state index in [1.165, 1.54) is 0 Å². The zero-order valence-electron chi connectivity index (χ0n) is 13.0. The number of rotatable bonds is 6. The molecule has 0 saturated carbocycles. The molecule has 0 N–H and O–H groups in total. The smallest absolute Gasteiger partial charge is 0.335 e. The van der Waals surface area contributed by atoms with Crippen molar-refractivity contribution in [3.63, 3.8) is 0 Å². The molecule has 0 aliphatic carbocycles. The van der Waals surface area contributed by atoms with Crippen LogP contribution in [0.5, 0.6) is 0 Å². The van der Waals surface area contributed by atoms with Gasteiger partial charge in [-0.15, -0.1) is 6.58 Å². The minimum Gasteiger partial charge on any atom is -0.335 e. The molecule has 1 amide bonds. The van der Waals surface area contributed by atoms with Crippen LogP contribution in [0.25, 0.3) is 11.4 Å². The van der Waals surface area contributed by atoms with E-state index in [1.54, 1.807) is 42.2 Å². The molecule has 0 saturated heterocycles. The van der Waals surface area contributed by atoms with Crippen LogP contribution in [0, 0.1) is 0 Å². The minimum atomic E-state index is -4.67. The van der Waals surface area contributed by atoms with Gasteiger partial charge in [-0.2, -0.15) is 18.2 Å². The average Bonchev–Trinajstić information content (AvgIpc) is 3.04. The summed E-state index contributed by atoms with van der Waals surface area (Å²) in [6.45, 7) is 6.21. The van der Waals surface area contributed by atoms with Crippen LogP contribution < -0.4 is 0 Å². The summed E-state index contributed by atoms with van der Waals surface area (Å²) < 4.78 is 41.6. The second kappa shape index (κ2) is 7.29. The standard InChI is InChI=1S/C16H16F3N3O2/c1-3-9-22(13(23)4-2)10-11-5-7-12(8-6-11)14-20-15(24-21-14)16(17,18)19/h3,5-8H,1,4,9-10H2,2H3. The van der Waals surface area contributed by atoms with Crippen LogP contribution in [-0.2, 0) is 17.5 Å². The van der Waals surface area contributed by atoms with Gasteiger partial charge in [0.15, 0.2) is 0 Å². The Balaban J connectivity index is 2.14. The molecule has 5 nitrogen and oxygen atoms in total. The van der Waals surface area contributed by atoms with E-state index in [1.807, 2.05) is 0 Å². The monoisotopic (exact) mass is 339 g/mol. The minimum absolute atomic E-state index is 0.00744. The number of amides is 1. The van der Waals surface area contributed by atoms with E-state index in [4.69, 9.17) is 0 Å². The van der Waals surface area contributed by atoms with E-state index < -0.39 is 12.1 Å². The van der Waals surface area contributed by atoms with Crippen LogP contribution in [0.4, 0.5) is 13.2 Å². The maximum atomic E-state index is 12.5. The van der Waals surface area contributed by atoms with E-state index in [9.17, 15) is 18.0 Å². The first-order valence-electron chi connectivity index (χ1n) is 7.24. The van der Waals surface area contributed by atoms with Gasteiger partial charge in [-0.3, -0.25) is 4.79 Å². The molecule has 2 rings (SSSR count). The van der Waals surface area contributed by atoms with E-state index in [0.717, 1.165) is 5.56 Å². The number of alkyl halides is 3. The summed E-state index contributed by atoms with van der Waals surface area (Å²) in [5.74, 6) is -1.53. The van der Waals surface area contributed by atoms with Crippen molar-refractivity contribution in [1.29, 1.82) is 0 Å². The molecule has 0 radical (unpaired) electrons. The summed E-state index contributed by atoms with van der Waals surface area (Å²) in [5.41, 5.74) is 1.23. The third-order valence-electron chi connectivity index (χ3n) is 3.26. The van der Waals surface area contributed by atoms with Crippen LogP contribution >= 0.6 is 0 Å². The summed E-state index contributed by atoms with van der Waals surface area (Å²) >= 11 is 0. The normalized spacial score (nSPS) is 11.3. The first-order chi connectivity index (χ1) is 11.3. The lowest BCUT2D eigenvalue weighted by molar-refractivity contribution is -0.159. The lowest BCUT2D eigenvalue weighted by Crippen LogP contribution is -2.29. The maximum absolute atomic E-state index is 12.5. The predicted molar refractivity (Wildman–Crippen MR) is 80.6 cm³/mol. The van der Waals surface area contributed by atoms with E-state index in [0.29, 0.717) is 25.1 Å². The Kier molecular flexibility index (Phi) is 5.38. The second-order valence-electron chi connectivity index (χ2n) is 5.03. The van der Waals surface area contributed by atoms with Crippen LogP contribution in [0.2, 0.25) is 0 Å². The average molecular weight is 339 g/mol. The van der Waals surface area contributed by atoms with Gasteiger partial charge in [0.05, 0.1) is 0 Å². The number of hydrogen-bond donors (Lipinski definition) is 0. The van der Waals surface area contributed by atoms with Crippen molar-refractivity contribution >= 4 is 5.91 Å². The first kappa shape index (κ1) is 17.7. The predicted octanol–water partition coefficient (Wildman–Crippen LogP) is 3.68. The van der Waals surface area contributed by atoms with Crippen molar-refractivity contribution in [2.24, 2.45) is 0 Å². The van der Waals surface area contributed by atoms with Crippen molar-refractivity contribution in [1.82, 2.24) is 15.0 Å². The third kappa shape index (κ3) is 4.21. The number of benzene rings is 1. The quantitative estimate of drug-likeness (QED) is 0.753. The van der Waals surface area contributed by atoms with Crippen LogP contribution in [0.15, 0.2) is 41.4 Å². The zero-order chi connectivity index (χ0) is 17.7. The number of aromatic nitrogens is 2. The molecule has 1 aromatic heterocycles. The van der Waals surface area contributed by atoms with Crippen molar-refractivity contribution < 1.29 is 22.5 Å². The Labute approximate surface area is 136 Å². The topological polar surface area (TPSA) is 59.2 Å². The molecule has 1 heterocycles. The Bertz CT molecular complexity index is 708. The van der Waals surface area contributed by atoms with Gasteiger partial charge in [0.2, 0.25) is 11.7 Å². The third-order valence-corrected chi connectivity index (χ3v) is 3.26. The van der Waals surface area contributed by atoms with Gasteiger partial charge >= 0.3 is 12.1 Å². The molecule has 128 valence electrons. The molecule has 0 aliphatic rings. The number of carbonyl (C=O) groups is 1. The molecule has 8 heteroatoms. The van der Waals surface area contributed by atoms with Gasteiger partial charge < -0.3 is 9.42 Å². The second-order valence-corrected chi connectivity index (χ2v) is 5.03. The molecule has 0 atom stereocenters. The van der Waals surface area contributed by atoms with Crippen LogP contribution in [0.3, 0.4) is 0 Å². The van der Waals surface area contributed by atoms with Gasteiger partial charge in [-0.05, 0) is 5.56 Å². The Hall–Kier alpha value is -2.64. The fourth-order valence-electron chi connectivity index (χ4n) is 2.07. The van der Waals surface area contributed by atoms with Crippen LogP contribution in [-0.4, -0.2) is 27.5 Å². The van der Waals surface area contributed by atoms with Crippen molar-refractivity contribution in [2.45, 2.75) is 26.1 Å². The van der Waals surface area contributed by atoms with E-state index in [-0.39, 0.29) is 11.7 Å². The molecule has 0 fully saturated rings. The highest BCUT2D eigenvalue weighted by Crippen LogP contribution is 2.29. The summed E-state index contributed by atoms with van der Waals surface area (Å²) in [6.07, 6.45) is -2.65. The Morgan fingerprint density at radius 3 is 2.50 bits per heavy atom. The molecule has 24 heavy (non-hydrogen) atoms. The van der Waals surface area contributed by atoms with Crippen molar-refractivity contribution in [3.8, 4) is 11.4 Å². The summed E-state index contributed by atoms with van der Waals surface area (Å²) in [4.78, 5) is 16.8. The van der Waals surface area contributed by atoms with Gasteiger partial charge in [-0.1, -0.05) is 42.4 Å². The fraction of sp³-hybridized carbons (Fsp3) is 0.312. The van der Waals surface area contributed by atoms with E-state index in [2.05, 4.69) is 21.2 Å². The first-order valence-corrected chi connectivity index (χ1v) is 7.24. The SMILES string of the molecule is C=CCN(Cc1ccc(-c2noc(C(F)(F)F)n2)cc1)C(=O)CC. The number of carbonyl (C=O) groups excluding carboxylic acids is 1. The highest BCUT2D eigenvalue weighted by molar-refractivity contribution is 5.76. The van der Waals surface area contributed by atoms with Gasteiger partial charge in [0, 0.05) is 25.1 Å². The molecule has 0 spiro atoms. The number of hydrogen-bond acceptors (Lipinski definition) is 4. The van der Waals surface area contributed by atoms with Gasteiger partial charge in [0.25, 0.3) is 0 Å². The molecule has 0 bridgehead atoms. The Morgan fingerprint density at radius 2 is 2.00 bits per heavy atom. The number of nitrogens with zero attached hydrogens (tertiary/aromatic N) is 3. The summed E-state index contributed by atoms with van der Waals surface area (Å²) in [6, 6.07) is 6.58.